The Labute approximate surface area is 73.3 Å². The second-order valence-corrected chi connectivity index (χ2v) is 2.42. The number of amides is 1. The number of nitrogens with one attached hydrogen (secondary N) is 2. The minimum atomic E-state index is -0.644. The lowest BCUT2D eigenvalue weighted by atomic mass is 10.4. The zero-order valence-corrected chi connectivity index (χ0v) is 6.81. The van der Waals surface area contributed by atoms with Crippen LogP contribution in [-0.2, 0) is 0 Å². The van der Waals surface area contributed by atoms with Crippen molar-refractivity contribution in [3.8, 4) is 0 Å². The number of primary amides is 1. The number of anilines is 1. The smallest absolute Gasteiger partial charge is 0.271 e. The van der Waals surface area contributed by atoms with E-state index in [0.29, 0.717) is 5.82 Å². The highest BCUT2D eigenvalue weighted by Crippen LogP contribution is 2.06. The van der Waals surface area contributed by atoms with E-state index in [0.717, 1.165) is 0 Å². The monoisotopic (exact) mass is 185 g/mol. The number of rotatable bonds is 2. The molecular formula is C5H7N5OS. The summed E-state index contributed by atoms with van der Waals surface area (Å²) in [4.78, 5) is 17.0. The van der Waals surface area contributed by atoms with Crippen molar-refractivity contribution in [2.45, 2.75) is 0 Å². The van der Waals surface area contributed by atoms with E-state index in [-0.39, 0.29) is 10.8 Å². The number of aromatic nitrogens is 2. The van der Waals surface area contributed by atoms with Gasteiger partial charge in [0.2, 0.25) is 0 Å². The third kappa shape index (κ3) is 1.70. The van der Waals surface area contributed by atoms with E-state index in [1.165, 1.54) is 6.33 Å². The third-order valence-electron chi connectivity index (χ3n) is 1.12. The number of carbonyl (C=O) groups excluding carboxylic acids is 1. The van der Waals surface area contributed by atoms with Gasteiger partial charge < -0.3 is 21.8 Å². The predicted octanol–water partition coefficient (Wildman–Crippen LogP) is -0.836. The van der Waals surface area contributed by atoms with Crippen LogP contribution in [0.25, 0.3) is 0 Å². The molecule has 64 valence electrons. The van der Waals surface area contributed by atoms with Crippen molar-refractivity contribution in [2.24, 2.45) is 11.5 Å². The molecule has 0 spiro atoms. The van der Waals surface area contributed by atoms with Gasteiger partial charge in [-0.05, 0) is 12.2 Å². The summed E-state index contributed by atoms with van der Waals surface area (Å²) >= 11 is 4.56. The molecule has 6 N–H and O–H groups in total. The molecule has 0 bridgehead atoms. The average Bonchev–Trinajstić information content (AvgIpc) is 2.33. The largest absolute Gasteiger partial charge is 0.376 e. The van der Waals surface area contributed by atoms with Gasteiger partial charge in [-0.3, -0.25) is 4.79 Å². The molecule has 1 aromatic heterocycles. The van der Waals surface area contributed by atoms with Crippen LogP contribution in [0.3, 0.4) is 0 Å². The summed E-state index contributed by atoms with van der Waals surface area (Å²) in [7, 11) is 0. The molecular weight excluding hydrogens is 178 g/mol. The maximum atomic E-state index is 10.7. The Morgan fingerprint density at radius 1 is 1.67 bits per heavy atom. The number of imidazole rings is 1. The van der Waals surface area contributed by atoms with Gasteiger partial charge in [0, 0.05) is 0 Å². The van der Waals surface area contributed by atoms with Gasteiger partial charge in [0.1, 0.15) is 5.82 Å². The molecule has 0 unspecified atom stereocenters. The van der Waals surface area contributed by atoms with Gasteiger partial charge in [0.05, 0.1) is 6.33 Å². The number of H-pyrrole nitrogens is 1. The number of aromatic amines is 1. The topological polar surface area (TPSA) is 110 Å². The summed E-state index contributed by atoms with van der Waals surface area (Å²) < 4.78 is 0. The summed E-state index contributed by atoms with van der Waals surface area (Å²) in [5.41, 5.74) is 10.2. The first-order chi connectivity index (χ1) is 5.61. The first kappa shape index (κ1) is 8.47. The minimum absolute atomic E-state index is 0.0433. The lowest BCUT2D eigenvalue weighted by Gasteiger charge is -2.00. The second kappa shape index (κ2) is 3.18. The maximum absolute atomic E-state index is 10.7. The molecule has 1 rings (SSSR count). The molecule has 0 saturated heterocycles. The fourth-order valence-corrected chi connectivity index (χ4v) is 0.802. The Kier molecular flexibility index (Phi) is 2.24. The van der Waals surface area contributed by atoms with Crippen molar-refractivity contribution < 1.29 is 4.79 Å². The SMILES string of the molecule is NC(=O)c1nc[nH]c1NC(N)=S. The molecule has 0 aliphatic heterocycles. The molecule has 0 aliphatic carbocycles. The minimum Gasteiger partial charge on any atom is -0.376 e. The number of hydrogen-bond acceptors (Lipinski definition) is 3. The summed E-state index contributed by atoms with van der Waals surface area (Å²) in [6.07, 6.45) is 1.32. The van der Waals surface area contributed by atoms with Gasteiger partial charge in [0.25, 0.3) is 5.91 Å². The lowest BCUT2D eigenvalue weighted by molar-refractivity contribution is 0.0997. The van der Waals surface area contributed by atoms with Crippen LogP contribution in [0.5, 0.6) is 0 Å². The van der Waals surface area contributed by atoms with Crippen molar-refractivity contribution in [2.75, 3.05) is 5.32 Å². The van der Waals surface area contributed by atoms with Crippen LogP contribution in [-0.4, -0.2) is 21.0 Å². The highest BCUT2D eigenvalue weighted by atomic mass is 32.1. The summed E-state index contributed by atoms with van der Waals surface area (Å²) in [5.74, 6) is -0.329. The van der Waals surface area contributed by atoms with E-state index in [4.69, 9.17) is 11.5 Å². The Morgan fingerprint density at radius 3 is 2.83 bits per heavy atom. The van der Waals surface area contributed by atoms with Crippen LogP contribution in [0, 0.1) is 0 Å². The molecule has 6 nitrogen and oxygen atoms in total. The summed E-state index contributed by atoms with van der Waals surface area (Å²) in [6.45, 7) is 0. The second-order valence-electron chi connectivity index (χ2n) is 1.98. The Hall–Kier alpha value is -1.63. The molecule has 0 atom stereocenters. The molecule has 12 heavy (non-hydrogen) atoms. The number of nitrogens with zero attached hydrogens (tertiary/aromatic N) is 1. The Balaban J connectivity index is 2.91. The van der Waals surface area contributed by atoms with Gasteiger partial charge in [0.15, 0.2) is 10.8 Å². The number of hydrogen-bond donors (Lipinski definition) is 4. The molecule has 1 aromatic rings. The van der Waals surface area contributed by atoms with Gasteiger partial charge in [-0.15, -0.1) is 0 Å². The van der Waals surface area contributed by atoms with Crippen LogP contribution in [0.15, 0.2) is 6.33 Å². The molecule has 0 fully saturated rings. The number of carbonyl (C=O) groups is 1. The Morgan fingerprint density at radius 2 is 2.33 bits per heavy atom. The van der Waals surface area contributed by atoms with Crippen LogP contribution in [0.1, 0.15) is 10.5 Å². The molecule has 0 aliphatic rings. The first-order valence-electron chi connectivity index (χ1n) is 3.01. The standard InChI is InChI=1S/C5H7N5OS/c6-3(11)2-4(9-1-8-2)10-5(7)12/h1H,(H2,6,11)(H,8,9)(H3,7,10,12). The van der Waals surface area contributed by atoms with E-state index >= 15 is 0 Å². The highest BCUT2D eigenvalue weighted by Gasteiger charge is 2.10. The van der Waals surface area contributed by atoms with Gasteiger partial charge in [-0.2, -0.15) is 0 Å². The molecule has 0 saturated carbocycles. The van der Waals surface area contributed by atoms with E-state index in [2.05, 4.69) is 27.5 Å². The summed E-state index contributed by atoms with van der Waals surface area (Å²) in [5, 5.41) is 2.57. The first-order valence-corrected chi connectivity index (χ1v) is 3.41. The zero-order chi connectivity index (χ0) is 9.14. The molecule has 7 heteroatoms. The number of thiocarbonyl (C=S) groups is 1. The third-order valence-corrected chi connectivity index (χ3v) is 1.22. The van der Waals surface area contributed by atoms with E-state index in [9.17, 15) is 4.79 Å². The number of nitrogens with two attached hydrogens (primary N) is 2. The van der Waals surface area contributed by atoms with Gasteiger partial charge in [-0.1, -0.05) is 0 Å². The fraction of sp³-hybridized carbons (Fsp3) is 0. The maximum Gasteiger partial charge on any atom is 0.271 e. The Bertz CT molecular complexity index is 319. The normalized spacial score (nSPS) is 9.33. The van der Waals surface area contributed by atoms with Crippen molar-refractivity contribution in [3.63, 3.8) is 0 Å². The van der Waals surface area contributed by atoms with Crippen LogP contribution in [0.4, 0.5) is 5.82 Å². The van der Waals surface area contributed by atoms with E-state index in [1.54, 1.807) is 0 Å². The predicted molar refractivity (Wildman–Crippen MR) is 47.5 cm³/mol. The molecule has 0 radical (unpaired) electrons. The summed E-state index contributed by atoms with van der Waals surface area (Å²) in [6, 6.07) is 0. The molecule has 1 heterocycles. The highest BCUT2D eigenvalue weighted by molar-refractivity contribution is 7.80. The van der Waals surface area contributed by atoms with E-state index < -0.39 is 5.91 Å². The lowest BCUT2D eigenvalue weighted by Crippen LogP contribution is -2.22. The molecule has 0 aromatic carbocycles. The quantitative estimate of drug-likeness (QED) is 0.449. The average molecular weight is 185 g/mol. The van der Waals surface area contributed by atoms with E-state index in [1.807, 2.05) is 0 Å². The van der Waals surface area contributed by atoms with Crippen LogP contribution < -0.4 is 16.8 Å². The van der Waals surface area contributed by atoms with Gasteiger partial charge >= 0.3 is 0 Å². The fourth-order valence-electron chi connectivity index (χ4n) is 0.700. The van der Waals surface area contributed by atoms with Crippen molar-refractivity contribution in [1.82, 2.24) is 9.97 Å². The van der Waals surface area contributed by atoms with Crippen molar-refractivity contribution in [3.05, 3.63) is 12.0 Å². The van der Waals surface area contributed by atoms with Crippen LogP contribution in [0.2, 0.25) is 0 Å². The van der Waals surface area contributed by atoms with Crippen molar-refractivity contribution >= 4 is 29.1 Å². The van der Waals surface area contributed by atoms with Gasteiger partial charge in [-0.25, -0.2) is 4.98 Å². The zero-order valence-electron chi connectivity index (χ0n) is 6.00. The van der Waals surface area contributed by atoms with Crippen LogP contribution >= 0.6 is 12.2 Å². The van der Waals surface area contributed by atoms with Crippen molar-refractivity contribution in [1.29, 1.82) is 0 Å². The molecule has 1 amide bonds.